The summed E-state index contributed by atoms with van der Waals surface area (Å²) in [5.74, 6) is -7.08. The molecule has 100 valence electrons. The smallest absolute Gasteiger partial charge is 0.456 e. The first kappa shape index (κ1) is 14.1. The molecule has 0 atom stereocenters. The highest BCUT2D eigenvalue weighted by Crippen LogP contribution is 2.35. The monoisotopic (exact) mass is 272 g/mol. The second kappa shape index (κ2) is 4.70. The Morgan fingerprint density at radius 1 is 1.22 bits per heavy atom. The molecule has 0 aliphatic carbocycles. The van der Waals surface area contributed by atoms with Gasteiger partial charge in [-0.05, 0) is 6.07 Å². The summed E-state index contributed by atoms with van der Waals surface area (Å²) in [6.45, 7) is -1.96. The number of carboxylic acids is 1. The molecule has 0 amide bonds. The van der Waals surface area contributed by atoms with Crippen molar-refractivity contribution in [1.82, 2.24) is 10.2 Å². The van der Waals surface area contributed by atoms with Crippen LogP contribution in [0, 0.1) is 0 Å². The maximum atomic E-state index is 12.4. The van der Waals surface area contributed by atoms with Gasteiger partial charge in [0.05, 0.1) is 0 Å². The summed E-state index contributed by atoms with van der Waals surface area (Å²) in [5, 5.41) is 14.5. The van der Waals surface area contributed by atoms with Crippen LogP contribution in [0.2, 0.25) is 0 Å². The highest BCUT2D eigenvalue weighted by atomic mass is 19.4. The van der Waals surface area contributed by atoms with Gasteiger partial charge in [-0.1, -0.05) is 0 Å². The number of carbonyl (C=O) groups is 1. The lowest BCUT2D eigenvalue weighted by Crippen LogP contribution is -2.41. The molecule has 10 heteroatoms. The van der Waals surface area contributed by atoms with Crippen molar-refractivity contribution in [2.45, 2.75) is 12.1 Å². The number of aromatic nitrogens is 2. The Bertz CT molecular complexity index is 431. The van der Waals surface area contributed by atoms with Gasteiger partial charge < -0.3 is 9.84 Å². The van der Waals surface area contributed by atoms with Gasteiger partial charge in [-0.3, -0.25) is 0 Å². The fraction of sp³-hybridized carbons (Fsp3) is 0.375. The zero-order valence-corrected chi connectivity index (χ0v) is 8.41. The predicted octanol–water partition coefficient (Wildman–Crippen LogP) is 1.75. The van der Waals surface area contributed by atoms with E-state index in [9.17, 15) is 26.7 Å². The Hall–Kier alpha value is -2.00. The molecule has 18 heavy (non-hydrogen) atoms. The summed E-state index contributed by atoms with van der Waals surface area (Å²) in [4.78, 5) is 10.3. The van der Waals surface area contributed by atoms with Crippen LogP contribution in [-0.2, 0) is 0 Å². The van der Waals surface area contributed by atoms with E-state index >= 15 is 0 Å². The standard InChI is InChI=1S/C8H5F5N2O3/c9-7(10,8(11,12)13)3-18-5-2-1-4(6(16)17)14-15-5/h1-2H,3H2,(H,16,17). The van der Waals surface area contributed by atoms with Crippen LogP contribution in [0.4, 0.5) is 22.0 Å². The molecule has 0 bridgehead atoms. The van der Waals surface area contributed by atoms with Crippen molar-refractivity contribution in [1.29, 1.82) is 0 Å². The Kier molecular flexibility index (Phi) is 3.67. The predicted molar refractivity (Wildman–Crippen MR) is 45.5 cm³/mol. The SMILES string of the molecule is O=C(O)c1ccc(OCC(F)(F)C(F)(F)F)nn1. The van der Waals surface area contributed by atoms with Crippen molar-refractivity contribution in [2.75, 3.05) is 6.61 Å². The molecule has 0 aliphatic rings. The summed E-state index contributed by atoms with van der Waals surface area (Å²) < 4.78 is 64.2. The molecular weight excluding hydrogens is 267 g/mol. The maximum absolute atomic E-state index is 12.4. The Labute approximate surface area is 96.2 Å². The van der Waals surface area contributed by atoms with Crippen LogP contribution >= 0.6 is 0 Å². The first-order valence-electron chi connectivity index (χ1n) is 4.28. The summed E-state index contributed by atoms with van der Waals surface area (Å²) >= 11 is 0. The zero-order valence-electron chi connectivity index (χ0n) is 8.41. The lowest BCUT2D eigenvalue weighted by molar-refractivity contribution is -0.290. The van der Waals surface area contributed by atoms with E-state index in [1.807, 2.05) is 0 Å². The number of nitrogens with zero attached hydrogens (tertiary/aromatic N) is 2. The molecule has 0 aromatic carbocycles. The van der Waals surface area contributed by atoms with Crippen molar-refractivity contribution in [3.05, 3.63) is 17.8 Å². The van der Waals surface area contributed by atoms with E-state index in [0.717, 1.165) is 12.1 Å². The molecule has 1 aromatic rings. The van der Waals surface area contributed by atoms with Gasteiger partial charge in [0.25, 0.3) is 0 Å². The number of hydrogen-bond donors (Lipinski definition) is 1. The van der Waals surface area contributed by atoms with E-state index in [1.165, 1.54) is 0 Å². The lowest BCUT2D eigenvalue weighted by Gasteiger charge is -2.19. The molecule has 1 rings (SSSR count). The molecule has 0 unspecified atom stereocenters. The number of rotatable bonds is 4. The van der Waals surface area contributed by atoms with Crippen molar-refractivity contribution >= 4 is 5.97 Å². The second-order valence-corrected chi connectivity index (χ2v) is 3.05. The van der Waals surface area contributed by atoms with Crippen molar-refractivity contribution in [2.24, 2.45) is 0 Å². The van der Waals surface area contributed by atoms with Crippen LogP contribution in [0.3, 0.4) is 0 Å². The maximum Gasteiger partial charge on any atom is 0.456 e. The van der Waals surface area contributed by atoms with E-state index < -0.39 is 36.2 Å². The van der Waals surface area contributed by atoms with Gasteiger partial charge in [-0.15, -0.1) is 10.2 Å². The molecule has 0 saturated heterocycles. The van der Waals surface area contributed by atoms with Crippen LogP contribution < -0.4 is 4.74 Å². The fourth-order valence-electron chi connectivity index (χ4n) is 0.757. The second-order valence-electron chi connectivity index (χ2n) is 3.05. The third kappa shape index (κ3) is 3.25. The quantitative estimate of drug-likeness (QED) is 0.845. The highest BCUT2D eigenvalue weighted by Gasteiger charge is 2.58. The molecule has 0 fully saturated rings. The fourth-order valence-corrected chi connectivity index (χ4v) is 0.757. The van der Waals surface area contributed by atoms with E-state index in [0.29, 0.717) is 0 Å². The summed E-state index contributed by atoms with van der Waals surface area (Å²) in [5.41, 5.74) is -0.495. The number of hydrogen-bond acceptors (Lipinski definition) is 4. The molecule has 1 N–H and O–H groups in total. The van der Waals surface area contributed by atoms with E-state index in [-0.39, 0.29) is 0 Å². The highest BCUT2D eigenvalue weighted by molar-refractivity contribution is 5.84. The molecule has 1 aromatic heterocycles. The number of carboxylic acid groups (broad SMARTS) is 1. The van der Waals surface area contributed by atoms with Gasteiger partial charge in [0, 0.05) is 6.07 Å². The molecule has 0 saturated carbocycles. The first-order valence-corrected chi connectivity index (χ1v) is 4.28. The van der Waals surface area contributed by atoms with Crippen molar-refractivity contribution < 1.29 is 36.6 Å². The molecule has 5 nitrogen and oxygen atoms in total. The van der Waals surface area contributed by atoms with Crippen LogP contribution in [0.5, 0.6) is 5.88 Å². The van der Waals surface area contributed by atoms with Crippen LogP contribution in [0.1, 0.15) is 10.5 Å². The Balaban J connectivity index is 2.67. The van der Waals surface area contributed by atoms with Gasteiger partial charge >= 0.3 is 18.1 Å². The van der Waals surface area contributed by atoms with Crippen molar-refractivity contribution in [3.8, 4) is 5.88 Å². The van der Waals surface area contributed by atoms with Crippen molar-refractivity contribution in [3.63, 3.8) is 0 Å². The summed E-state index contributed by atoms with van der Waals surface area (Å²) in [6.07, 6.45) is -5.73. The molecule has 0 spiro atoms. The number of halogens is 5. The topological polar surface area (TPSA) is 72.3 Å². The van der Waals surface area contributed by atoms with Gasteiger partial charge in [0.15, 0.2) is 12.3 Å². The number of alkyl halides is 5. The van der Waals surface area contributed by atoms with E-state index in [4.69, 9.17) is 5.11 Å². The molecular formula is C8H5F5N2O3. The summed E-state index contributed by atoms with van der Waals surface area (Å²) in [7, 11) is 0. The Morgan fingerprint density at radius 2 is 1.83 bits per heavy atom. The minimum Gasteiger partial charge on any atom is -0.476 e. The normalized spacial score (nSPS) is 12.3. The first-order chi connectivity index (χ1) is 8.13. The minimum absolute atomic E-state index is 0.495. The molecule has 0 aliphatic heterocycles. The van der Waals surface area contributed by atoms with Gasteiger partial charge in [-0.25, -0.2) is 4.79 Å². The summed E-state index contributed by atoms with van der Waals surface area (Å²) in [6, 6.07) is 1.68. The largest absolute Gasteiger partial charge is 0.476 e. The number of aromatic carboxylic acids is 1. The third-order valence-corrected chi connectivity index (χ3v) is 1.68. The Morgan fingerprint density at radius 3 is 2.22 bits per heavy atom. The van der Waals surface area contributed by atoms with Crippen LogP contribution in [0.25, 0.3) is 0 Å². The average Bonchev–Trinajstić information content (AvgIpc) is 2.25. The van der Waals surface area contributed by atoms with Gasteiger partial charge in [0.1, 0.15) is 0 Å². The van der Waals surface area contributed by atoms with Gasteiger partial charge in [-0.2, -0.15) is 22.0 Å². The van der Waals surface area contributed by atoms with Crippen LogP contribution in [0.15, 0.2) is 12.1 Å². The third-order valence-electron chi connectivity index (χ3n) is 1.68. The number of ether oxygens (including phenoxy) is 1. The lowest BCUT2D eigenvalue weighted by atomic mass is 10.3. The van der Waals surface area contributed by atoms with E-state index in [1.54, 1.807) is 0 Å². The van der Waals surface area contributed by atoms with E-state index in [2.05, 4.69) is 14.9 Å². The minimum atomic E-state index is -5.73. The average molecular weight is 272 g/mol. The molecule has 1 heterocycles. The molecule has 0 radical (unpaired) electrons. The van der Waals surface area contributed by atoms with Gasteiger partial charge in [0.2, 0.25) is 5.88 Å². The zero-order chi connectivity index (χ0) is 14.0. The van der Waals surface area contributed by atoms with Crippen LogP contribution in [-0.4, -0.2) is 40.0 Å².